The van der Waals surface area contributed by atoms with E-state index in [1.54, 1.807) is 0 Å². The number of fused-ring (bicyclic) bond motifs is 9. The summed E-state index contributed by atoms with van der Waals surface area (Å²) < 4.78 is 2.70. The van der Waals surface area contributed by atoms with Crippen LogP contribution in [0.25, 0.3) is 52.8 Å². The fraction of sp³-hybridized carbons (Fsp3) is 0.275. The molecule has 1 aliphatic carbocycles. The molecule has 2 nitrogen and oxygen atoms in total. The maximum atomic E-state index is 2.49. The lowest BCUT2D eigenvalue weighted by atomic mass is 9.81. The first kappa shape index (κ1) is 47.6. The predicted molar refractivity (Wildman–Crippen MR) is 316 cm³/mol. The van der Waals surface area contributed by atoms with Crippen molar-refractivity contribution in [2.75, 3.05) is 9.80 Å². The van der Waals surface area contributed by atoms with Gasteiger partial charge in [-0.3, -0.25) is 0 Å². The summed E-state index contributed by atoms with van der Waals surface area (Å²) in [6.45, 7) is 32.2. The van der Waals surface area contributed by atoms with Crippen molar-refractivity contribution in [3.8, 4) is 11.1 Å². The van der Waals surface area contributed by atoms with Gasteiger partial charge in [-0.15, -0.1) is 11.3 Å². The third-order valence-electron chi connectivity index (χ3n) is 15.6. The van der Waals surface area contributed by atoms with E-state index in [1.165, 1.54) is 86.2 Å². The van der Waals surface area contributed by atoms with Crippen molar-refractivity contribution in [1.29, 1.82) is 0 Å². The Labute approximate surface area is 433 Å². The van der Waals surface area contributed by atoms with Crippen LogP contribution in [0.2, 0.25) is 0 Å². The number of benzene rings is 9. The second kappa shape index (κ2) is 16.7. The van der Waals surface area contributed by atoms with Crippen LogP contribution in [-0.2, 0) is 27.1 Å². The van der Waals surface area contributed by atoms with E-state index in [1.807, 2.05) is 11.3 Å². The topological polar surface area (TPSA) is 6.48 Å². The molecule has 0 atom stereocenters. The average Bonchev–Trinajstić information content (AvgIpc) is 3.80. The van der Waals surface area contributed by atoms with Crippen LogP contribution in [0.5, 0.6) is 0 Å². The normalized spacial score (nSPS) is 13.8. The summed E-state index contributed by atoms with van der Waals surface area (Å²) in [4.78, 5) is 4.84. The van der Waals surface area contributed by atoms with Gasteiger partial charge in [0.15, 0.2) is 0 Å². The van der Waals surface area contributed by atoms with E-state index < -0.39 is 0 Å². The van der Waals surface area contributed by atoms with Crippen molar-refractivity contribution >= 4 is 87.2 Å². The molecule has 0 unspecified atom stereocenters. The van der Waals surface area contributed by atoms with E-state index in [-0.39, 0.29) is 27.1 Å². The third kappa shape index (κ3) is 8.28. The van der Waals surface area contributed by atoms with E-state index in [0.717, 1.165) is 34.1 Å². The molecule has 0 aliphatic heterocycles. The molecule has 0 N–H and O–H groups in total. The van der Waals surface area contributed by atoms with Crippen molar-refractivity contribution in [3.05, 3.63) is 203 Å². The molecule has 0 radical (unpaired) electrons. The van der Waals surface area contributed by atoms with E-state index in [9.17, 15) is 0 Å². The first-order valence-electron chi connectivity index (χ1n) is 26.0. The number of rotatable bonds is 6. The molecular weight excluding hydrogens is 889 g/mol. The van der Waals surface area contributed by atoms with Gasteiger partial charge in [0, 0.05) is 65.3 Å². The fourth-order valence-corrected chi connectivity index (χ4v) is 12.4. The zero-order chi connectivity index (χ0) is 50.9. The summed E-state index contributed by atoms with van der Waals surface area (Å²) in [5.41, 5.74) is 18.0. The summed E-state index contributed by atoms with van der Waals surface area (Å²) in [7, 11) is 0. The van der Waals surface area contributed by atoms with Crippen molar-refractivity contribution < 1.29 is 0 Å². The Balaban J connectivity index is 1.00. The monoisotopic (exact) mass is 959 g/mol. The molecule has 0 spiro atoms. The summed E-state index contributed by atoms with van der Waals surface area (Å²) in [5, 5.41) is 7.68. The highest BCUT2D eigenvalue weighted by molar-refractivity contribution is 7.26. The second-order valence-corrected chi connectivity index (χ2v) is 26.3. The van der Waals surface area contributed by atoms with Gasteiger partial charge < -0.3 is 9.80 Å². The second-order valence-electron chi connectivity index (χ2n) is 25.3. The molecule has 1 heterocycles. The Morgan fingerprint density at radius 1 is 0.333 bits per heavy atom. The van der Waals surface area contributed by atoms with Gasteiger partial charge >= 0.3 is 0 Å². The largest absolute Gasteiger partial charge is 0.310 e. The van der Waals surface area contributed by atoms with Crippen molar-refractivity contribution in [2.45, 2.75) is 124 Å². The van der Waals surface area contributed by atoms with Gasteiger partial charge in [0.25, 0.3) is 0 Å². The van der Waals surface area contributed by atoms with Gasteiger partial charge in [-0.25, -0.2) is 0 Å². The molecule has 3 heteroatoms. The van der Waals surface area contributed by atoms with Gasteiger partial charge in [0.05, 0.1) is 0 Å². The Bertz CT molecular complexity index is 3590. The minimum Gasteiger partial charge on any atom is -0.310 e. The Kier molecular flexibility index (Phi) is 11.0. The lowest BCUT2D eigenvalue weighted by Crippen LogP contribution is -2.15. The predicted octanol–water partition coefficient (Wildman–Crippen LogP) is 20.8. The highest BCUT2D eigenvalue weighted by atomic mass is 32.1. The molecule has 362 valence electrons. The van der Waals surface area contributed by atoms with Crippen LogP contribution in [0.1, 0.15) is 130 Å². The molecule has 1 aliphatic rings. The lowest BCUT2D eigenvalue weighted by Gasteiger charge is -2.28. The number of anilines is 6. The summed E-state index contributed by atoms with van der Waals surface area (Å²) in [6.07, 6.45) is 0. The zero-order valence-corrected chi connectivity index (χ0v) is 45.8. The molecule has 0 bridgehead atoms. The van der Waals surface area contributed by atoms with Crippen molar-refractivity contribution in [1.82, 2.24) is 0 Å². The van der Waals surface area contributed by atoms with E-state index >= 15 is 0 Å². The molecule has 0 amide bonds. The van der Waals surface area contributed by atoms with Crippen LogP contribution in [-0.4, -0.2) is 0 Å². The number of nitrogens with zero attached hydrogens (tertiary/aromatic N) is 2. The standard InChI is InChI=1S/C69H70N2S/c1-65(2,3)47-17-27-51(28-18-47)70(52-29-19-48(20-30-52)66(4,5)6)55-26-16-44-40-59-61(41-45(44)37-55)69(13,14)60-36-35-57-58-39-43-15-25-56(38-46(43)42-62(58)72-64(57)63(59)60)71(53-31-21-49(22-32-53)67(7,8)9)54-33-23-50(24-34-54)68(10,11)12/h15-42H,1-14H3. The molecular formula is C69H70N2S. The number of thiophene rings is 1. The van der Waals surface area contributed by atoms with Crippen LogP contribution in [0, 0.1) is 0 Å². The quantitative estimate of drug-likeness (QED) is 0.164. The molecule has 0 saturated heterocycles. The maximum Gasteiger partial charge on any atom is 0.0468 e. The third-order valence-corrected chi connectivity index (χ3v) is 16.8. The molecule has 1 aromatic heterocycles. The molecule has 11 rings (SSSR count). The van der Waals surface area contributed by atoms with Gasteiger partial charge in [-0.05, 0) is 179 Å². The first-order chi connectivity index (χ1) is 33.9. The first-order valence-corrected chi connectivity index (χ1v) is 26.8. The van der Waals surface area contributed by atoms with Gasteiger partial charge in [-0.1, -0.05) is 170 Å². The SMILES string of the molecule is CC(C)(C)c1ccc(N(c2ccc(C(C)(C)C)cc2)c2ccc3cc4c(cc3c2)C(C)(C)c2ccc3c(sc5cc6cc(N(c7ccc(C(C)(C)C)cc7)c7ccc(C(C)(C)C)cc7)ccc6cc53)c2-4)cc1. The number of hydrogen-bond acceptors (Lipinski definition) is 3. The van der Waals surface area contributed by atoms with E-state index in [0.29, 0.717) is 0 Å². The molecule has 9 aromatic carbocycles. The molecule has 10 aromatic rings. The van der Waals surface area contributed by atoms with Gasteiger partial charge in [0.1, 0.15) is 0 Å². The van der Waals surface area contributed by atoms with Crippen LogP contribution >= 0.6 is 11.3 Å². The zero-order valence-electron chi connectivity index (χ0n) is 45.0. The van der Waals surface area contributed by atoms with Crippen LogP contribution < -0.4 is 9.80 Å². The smallest absolute Gasteiger partial charge is 0.0468 e. The van der Waals surface area contributed by atoms with Crippen LogP contribution in [0.3, 0.4) is 0 Å². The summed E-state index contributed by atoms with van der Waals surface area (Å²) in [5.74, 6) is 0. The number of hydrogen-bond donors (Lipinski definition) is 0. The highest BCUT2D eigenvalue weighted by Gasteiger charge is 2.37. The molecule has 72 heavy (non-hydrogen) atoms. The van der Waals surface area contributed by atoms with E-state index in [2.05, 4.69) is 277 Å². The average molecular weight is 959 g/mol. The minimum atomic E-state index is -0.163. The Hall–Kier alpha value is -6.68. The van der Waals surface area contributed by atoms with Gasteiger partial charge in [-0.2, -0.15) is 0 Å². The van der Waals surface area contributed by atoms with Gasteiger partial charge in [0.2, 0.25) is 0 Å². The van der Waals surface area contributed by atoms with Crippen LogP contribution in [0.15, 0.2) is 170 Å². The van der Waals surface area contributed by atoms with Crippen molar-refractivity contribution in [2.24, 2.45) is 0 Å². The Morgan fingerprint density at radius 2 is 0.708 bits per heavy atom. The van der Waals surface area contributed by atoms with Crippen LogP contribution in [0.4, 0.5) is 34.1 Å². The van der Waals surface area contributed by atoms with E-state index in [4.69, 9.17) is 0 Å². The summed E-state index contributed by atoms with van der Waals surface area (Å²) >= 11 is 1.95. The summed E-state index contributed by atoms with van der Waals surface area (Å²) in [6, 6.07) is 65.4. The fourth-order valence-electron chi connectivity index (χ4n) is 11.1. The lowest BCUT2D eigenvalue weighted by molar-refractivity contribution is 0.590. The highest BCUT2D eigenvalue weighted by Crippen LogP contribution is 2.55. The Morgan fingerprint density at radius 3 is 1.11 bits per heavy atom. The van der Waals surface area contributed by atoms with Crippen molar-refractivity contribution in [3.63, 3.8) is 0 Å². The maximum absolute atomic E-state index is 2.49. The molecule has 0 saturated carbocycles. The molecule has 0 fully saturated rings. The minimum absolute atomic E-state index is 0.0772.